The number of aromatic amines is 1. The minimum Gasteiger partial charge on any atom is -0.508 e. The molecule has 8 heteroatoms. The van der Waals surface area contributed by atoms with E-state index >= 15 is 0 Å². The van der Waals surface area contributed by atoms with E-state index < -0.39 is 5.91 Å². The van der Waals surface area contributed by atoms with Crippen molar-refractivity contribution < 1.29 is 9.90 Å². The lowest BCUT2D eigenvalue weighted by Gasteiger charge is -1.98. The molecule has 0 radical (unpaired) electrons. The van der Waals surface area contributed by atoms with Crippen molar-refractivity contribution in [2.45, 2.75) is 0 Å². The van der Waals surface area contributed by atoms with Gasteiger partial charge in [-0.3, -0.25) is 9.89 Å². The Kier molecular flexibility index (Phi) is 5.02. The van der Waals surface area contributed by atoms with Gasteiger partial charge in [0.2, 0.25) is 0 Å². The zero-order valence-corrected chi connectivity index (χ0v) is 14.2. The van der Waals surface area contributed by atoms with Crippen LogP contribution in [0.25, 0.3) is 11.3 Å². The summed E-state index contributed by atoms with van der Waals surface area (Å²) >= 11 is 11.9. The lowest BCUT2D eigenvalue weighted by atomic mass is 10.1. The number of hydrogen-bond donors (Lipinski definition) is 3. The molecular formula is C17H12Cl2N4O2. The van der Waals surface area contributed by atoms with Crippen molar-refractivity contribution in [1.82, 2.24) is 15.6 Å². The van der Waals surface area contributed by atoms with Crippen LogP contribution in [0.15, 0.2) is 53.6 Å². The van der Waals surface area contributed by atoms with E-state index in [1.165, 1.54) is 12.3 Å². The summed E-state index contributed by atoms with van der Waals surface area (Å²) in [5, 5.41) is 20.9. The van der Waals surface area contributed by atoms with Crippen LogP contribution in [-0.4, -0.2) is 27.4 Å². The third kappa shape index (κ3) is 4.37. The van der Waals surface area contributed by atoms with Crippen LogP contribution in [0, 0.1) is 0 Å². The first-order valence-corrected chi connectivity index (χ1v) is 7.91. The molecule has 0 saturated carbocycles. The molecule has 1 amide bonds. The molecule has 2 aromatic carbocycles. The van der Waals surface area contributed by atoms with Gasteiger partial charge in [0.05, 0.1) is 11.9 Å². The molecule has 3 aromatic rings. The molecule has 0 spiro atoms. The van der Waals surface area contributed by atoms with Gasteiger partial charge in [0.25, 0.3) is 5.91 Å². The van der Waals surface area contributed by atoms with Crippen LogP contribution >= 0.6 is 23.2 Å². The number of nitrogens with zero attached hydrogens (tertiary/aromatic N) is 2. The third-order valence-electron chi connectivity index (χ3n) is 3.23. The molecule has 126 valence electrons. The number of aromatic nitrogens is 2. The first-order chi connectivity index (χ1) is 12.0. The van der Waals surface area contributed by atoms with Crippen LogP contribution in [0.1, 0.15) is 16.1 Å². The molecule has 0 fully saturated rings. The highest BCUT2D eigenvalue weighted by Gasteiger charge is 2.11. The summed E-state index contributed by atoms with van der Waals surface area (Å²) in [7, 11) is 0. The molecule has 1 aromatic heterocycles. The second kappa shape index (κ2) is 7.38. The average Bonchev–Trinajstić information content (AvgIpc) is 3.04. The second-order valence-electron chi connectivity index (χ2n) is 5.12. The highest BCUT2D eigenvalue weighted by molar-refractivity contribution is 6.35. The smallest absolute Gasteiger partial charge is 0.289 e. The number of phenolic OH excluding ortho intramolecular Hbond substituents is 1. The van der Waals surface area contributed by atoms with Gasteiger partial charge < -0.3 is 5.11 Å². The Labute approximate surface area is 153 Å². The molecule has 25 heavy (non-hydrogen) atoms. The van der Waals surface area contributed by atoms with Crippen molar-refractivity contribution in [3.63, 3.8) is 0 Å². The van der Waals surface area contributed by atoms with Gasteiger partial charge in [-0.2, -0.15) is 10.2 Å². The Morgan fingerprint density at radius 1 is 1.16 bits per heavy atom. The number of carbonyl (C=O) groups excluding carboxylic acids is 1. The molecule has 0 saturated heterocycles. The molecule has 0 aliphatic rings. The standard InChI is InChI=1S/C17H12Cl2N4O2/c18-12-5-11(6-13(19)7-12)15-8-16(22-21-15)17(25)23-20-9-10-2-1-3-14(24)4-10/h1-9,24H,(H,21,22)(H,23,25)/b20-9+. The number of amides is 1. The van der Waals surface area contributed by atoms with Gasteiger partial charge in [-0.1, -0.05) is 35.3 Å². The second-order valence-corrected chi connectivity index (χ2v) is 5.99. The number of aromatic hydroxyl groups is 1. The maximum absolute atomic E-state index is 12.1. The number of nitrogens with one attached hydrogen (secondary N) is 2. The molecule has 0 unspecified atom stereocenters. The number of H-pyrrole nitrogens is 1. The Balaban J connectivity index is 1.70. The quantitative estimate of drug-likeness (QED) is 0.478. The lowest BCUT2D eigenvalue weighted by molar-refractivity contribution is 0.0950. The van der Waals surface area contributed by atoms with Gasteiger partial charge in [0, 0.05) is 15.6 Å². The predicted molar refractivity (Wildman–Crippen MR) is 97.2 cm³/mol. The SMILES string of the molecule is O=C(N/N=C/c1cccc(O)c1)c1cc(-c2cc(Cl)cc(Cl)c2)n[nH]1. The summed E-state index contributed by atoms with van der Waals surface area (Å²) in [6, 6.07) is 13.1. The maximum atomic E-state index is 12.1. The number of carbonyl (C=O) groups is 1. The number of rotatable bonds is 4. The summed E-state index contributed by atoms with van der Waals surface area (Å²) in [6.45, 7) is 0. The average molecular weight is 375 g/mol. The number of hydrazone groups is 1. The fourth-order valence-electron chi connectivity index (χ4n) is 2.12. The third-order valence-corrected chi connectivity index (χ3v) is 3.67. The van der Waals surface area contributed by atoms with Crippen molar-refractivity contribution in [3.8, 4) is 17.0 Å². The molecule has 3 N–H and O–H groups in total. The molecular weight excluding hydrogens is 363 g/mol. The zero-order valence-electron chi connectivity index (χ0n) is 12.7. The molecule has 1 heterocycles. The minimum absolute atomic E-state index is 0.119. The number of halogens is 2. The highest BCUT2D eigenvalue weighted by atomic mass is 35.5. The largest absolute Gasteiger partial charge is 0.508 e. The van der Waals surface area contributed by atoms with Crippen LogP contribution in [0.3, 0.4) is 0 Å². The van der Waals surface area contributed by atoms with E-state index in [4.69, 9.17) is 23.2 Å². The van der Waals surface area contributed by atoms with E-state index in [1.807, 2.05) is 0 Å². The fourth-order valence-corrected chi connectivity index (χ4v) is 2.64. The van der Waals surface area contributed by atoms with Crippen LogP contribution in [0.2, 0.25) is 10.0 Å². The van der Waals surface area contributed by atoms with Crippen molar-refractivity contribution in [2.24, 2.45) is 5.10 Å². The Morgan fingerprint density at radius 3 is 2.64 bits per heavy atom. The van der Waals surface area contributed by atoms with E-state index in [0.29, 0.717) is 26.9 Å². The Hall–Kier alpha value is -2.83. The minimum atomic E-state index is -0.455. The van der Waals surface area contributed by atoms with Gasteiger partial charge >= 0.3 is 0 Å². The van der Waals surface area contributed by atoms with Gasteiger partial charge in [-0.15, -0.1) is 0 Å². The Bertz CT molecular complexity index is 933. The Morgan fingerprint density at radius 2 is 1.92 bits per heavy atom. The van der Waals surface area contributed by atoms with E-state index in [9.17, 15) is 9.90 Å². The summed E-state index contributed by atoms with van der Waals surface area (Å²) < 4.78 is 0. The van der Waals surface area contributed by atoms with Crippen LogP contribution in [0.5, 0.6) is 5.75 Å². The first kappa shape index (κ1) is 17.0. The maximum Gasteiger partial charge on any atom is 0.289 e. The summed E-state index contributed by atoms with van der Waals surface area (Å²) in [6.07, 6.45) is 1.42. The molecule has 0 atom stereocenters. The molecule has 6 nitrogen and oxygen atoms in total. The van der Waals surface area contributed by atoms with E-state index in [-0.39, 0.29) is 11.4 Å². The van der Waals surface area contributed by atoms with Gasteiger partial charge in [-0.05, 0) is 42.0 Å². The highest BCUT2D eigenvalue weighted by Crippen LogP contribution is 2.26. The predicted octanol–water partition coefficient (Wildman–Crippen LogP) is 3.85. The fraction of sp³-hybridized carbons (Fsp3) is 0. The zero-order chi connectivity index (χ0) is 17.8. The van der Waals surface area contributed by atoms with Crippen molar-refractivity contribution >= 4 is 35.3 Å². The first-order valence-electron chi connectivity index (χ1n) is 7.15. The number of hydrogen-bond acceptors (Lipinski definition) is 4. The van der Waals surface area contributed by atoms with Gasteiger partial charge in [-0.25, -0.2) is 5.43 Å². The van der Waals surface area contributed by atoms with E-state index in [1.54, 1.807) is 42.5 Å². The normalized spacial score (nSPS) is 11.0. The van der Waals surface area contributed by atoms with Crippen LogP contribution < -0.4 is 5.43 Å². The molecule has 3 rings (SSSR count). The molecule has 0 bridgehead atoms. The van der Waals surface area contributed by atoms with Crippen LogP contribution in [0.4, 0.5) is 0 Å². The summed E-state index contributed by atoms with van der Waals surface area (Å²) in [4.78, 5) is 12.1. The number of phenols is 1. The van der Waals surface area contributed by atoms with Crippen molar-refractivity contribution in [3.05, 3.63) is 69.8 Å². The monoisotopic (exact) mass is 374 g/mol. The van der Waals surface area contributed by atoms with E-state index in [0.717, 1.165) is 0 Å². The molecule has 0 aliphatic heterocycles. The van der Waals surface area contributed by atoms with Gasteiger partial charge in [0.1, 0.15) is 11.4 Å². The van der Waals surface area contributed by atoms with Crippen molar-refractivity contribution in [2.75, 3.05) is 0 Å². The number of benzene rings is 2. The van der Waals surface area contributed by atoms with Crippen LogP contribution in [-0.2, 0) is 0 Å². The van der Waals surface area contributed by atoms with E-state index in [2.05, 4.69) is 20.7 Å². The summed E-state index contributed by atoms with van der Waals surface area (Å²) in [5.74, 6) is -0.336. The van der Waals surface area contributed by atoms with Gasteiger partial charge in [0.15, 0.2) is 0 Å². The topological polar surface area (TPSA) is 90.4 Å². The van der Waals surface area contributed by atoms with Crippen molar-refractivity contribution in [1.29, 1.82) is 0 Å². The lowest BCUT2D eigenvalue weighted by Crippen LogP contribution is -2.17. The molecule has 0 aliphatic carbocycles. The summed E-state index contributed by atoms with van der Waals surface area (Å²) in [5.41, 5.74) is 4.49.